The van der Waals surface area contributed by atoms with Crippen LogP contribution in [0.5, 0.6) is 0 Å². The Kier molecular flexibility index (Phi) is 4.95. The predicted molar refractivity (Wildman–Crippen MR) is 97.3 cm³/mol. The quantitative estimate of drug-likeness (QED) is 0.626. The van der Waals surface area contributed by atoms with Crippen LogP contribution in [0.4, 0.5) is 0 Å². The third kappa shape index (κ3) is 3.92. The monoisotopic (exact) mass is 321 g/mol. The molecule has 0 radical (unpaired) electrons. The van der Waals surface area contributed by atoms with Crippen molar-refractivity contribution in [2.24, 2.45) is 0 Å². The van der Waals surface area contributed by atoms with Crippen molar-refractivity contribution in [3.63, 3.8) is 0 Å². The zero-order chi connectivity index (χ0) is 16.1. The predicted octanol–water partition coefficient (Wildman–Crippen LogP) is 4.49. The summed E-state index contributed by atoms with van der Waals surface area (Å²) >= 11 is 1.44. The van der Waals surface area contributed by atoms with Gasteiger partial charge < -0.3 is 0 Å². The Morgan fingerprint density at radius 3 is 2.48 bits per heavy atom. The van der Waals surface area contributed by atoms with E-state index in [9.17, 15) is 0 Å². The van der Waals surface area contributed by atoms with Crippen molar-refractivity contribution in [1.82, 2.24) is 14.3 Å². The maximum Gasteiger partial charge on any atom is 0.173 e. The molecule has 116 valence electrons. The van der Waals surface area contributed by atoms with E-state index in [4.69, 9.17) is 0 Å². The lowest BCUT2D eigenvalue weighted by atomic mass is 10.1. The van der Waals surface area contributed by atoms with Crippen LogP contribution in [0.1, 0.15) is 5.56 Å². The lowest BCUT2D eigenvalue weighted by Gasteiger charge is -2.14. The molecule has 0 unspecified atom stereocenters. The Hall–Kier alpha value is -2.30. The number of rotatable bonds is 6. The number of benzene rings is 2. The Labute approximate surface area is 141 Å². The average molecular weight is 321 g/mol. The molecule has 1 heterocycles. The highest BCUT2D eigenvalue weighted by Gasteiger charge is 2.08. The molecule has 4 heteroatoms. The minimum atomic E-state index is 0.792. The van der Waals surface area contributed by atoms with E-state index in [-0.39, 0.29) is 0 Å². The van der Waals surface area contributed by atoms with E-state index in [1.54, 1.807) is 0 Å². The van der Waals surface area contributed by atoms with Crippen molar-refractivity contribution < 1.29 is 0 Å². The van der Waals surface area contributed by atoms with Crippen LogP contribution in [0.2, 0.25) is 0 Å². The number of nitrogens with zero attached hydrogens (tertiary/aromatic N) is 3. The van der Waals surface area contributed by atoms with E-state index in [0.717, 1.165) is 35.0 Å². The number of hydrogen-bond donors (Lipinski definition) is 0. The van der Waals surface area contributed by atoms with Gasteiger partial charge in [-0.05, 0) is 24.1 Å². The highest BCUT2D eigenvalue weighted by atomic mass is 32.1. The zero-order valence-corrected chi connectivity index (χ0v) is 14.0. The minimum absolute atomic E-state index is 0.792. The third-order valence-electron chi connectivity index (χ3n) is 3.55. The molecule has 0 fully saturated rings. The first-order valence-electron chi connectivity index (χ1n) is 7.54. The fraction of sp³-hybridized carbons (Fsp3) is 0.158. The van der Waals surface area contributed by atoms with Crippen LogP contribution in [0.15, 0.2) is 67.3 Å². The van der Waals surface area contributed by atoms with Gasteiger partial charge in [-0.3, -0.25) is 4.90 Å². The summed E-state index contributed by atoms with van der Waals surface area (Å²) in [6, 6.07) is 18.6. The molecule has 2 aromatic carbocycles. The smallest absolute Gasteiger partial charge is 0.173 e. The summed E-state index contributed by atoms with van der Waals surface area (Å²) in [4.78, 5) is 6.87. The molecular formula is C19H19N3S. The highest BCUT2D eigenvalue weighted by Crippen LogP contribution is 2.25. The van der Waals surface area contributed by atoms with Crippen molar-refractivity contribution >= 4 is 11.5 Å². The first kappa shape index (κ1) is 15.6. The fourth-order valence-corrected chi connectivity index (χ4v) is 3.08. The third-order valence-corrected chi connectivity index (χ3v) is 4.32. The first-order chi connectivity index (χ1) is 11.3. The molecule has 0 spiro atoms. The van der Waals surface area contributed by atoms with Gasteiger partial charge in [-0.15, -0.1) is 6.58 Å². The lowest BCUT2D eigenvalue weighted by Crippen LogP contribution is -2.17. The van der Waals surface area contributed by atoms with Crippen LogP contribution in [0.25, 0.3) is 22.0 Å². The fourth-order valence-electron chi connectivity index (χ4n) is 2.39. The Morgan fingerprint density at radius 2 is 1.78 bits per heavy atom. The summed E-state index contributed by atoms with van der Waals surface area (Å²) in [5.41, 5.74) is 3.44. The Morgan fingerprint density at radius 1 is 1.04 bits per heavy atom. The lowest BCUT2D eigenvalue weighted by molar-refractivity contribution is 0.364. The molecule has 0 aliphatic rings. The normalized spacial score (nSPS) is 10.9. The average Bonchev–Trinajstić information content (AvgIpc) is 3.07. The van der Waals surface area contributed by atoms with Crippen molar-refractivity contribution in [2.45, 2.75) is 6.54 Å². The molecule has 3 aromatic rings. The molecule has 0 N–H and O–H groups in total. The number of likely N-dealkylation sites (N-methyl/N-ethyl adjacent to an activating group) is 1. The molecule has 3 rings (SSSR count). The maximum absolute atomic E-state index is 4.65. The van der Waals surface area contributed by atoms with Gasteiger partial charge in [0.2, 0.25) is 0 Å². The molecular weight excluding hydrogens is 302 g/mol. The van der Waals surface area contributed by atoms with Crippen LogP contribution in [0, 0.1) is 0 Å². The second-order valence-electron chi connectivity index (χ2n) is 5.47. The van der Waals surface area contributed by atoms with Crippen LogP contribution in [-0.2, 0) is 6.54 Å². The topological polar surface area (TPSA) is 29.0 Å². The second kappa shape index (κ2) is 7.31. The van der Waals surface area contributed by atoms with Gasteiger partial charge in [-0.25, -0.2) is 4.98 Å². The van der Waals surface area contributed by atoms with Gasteiger partial charge in [0.15, 0.2) is 5.82 Å². The summed E-state index contributed by atoms with van der Waals surface area (Å²) in [5.74, 6) is 0.792. The van der Waals surface area contributed by atoms with Crippen molar-refractivity contribution in [3.05, 3.63) is 72.8 Å². The summed E-state index contributed by atoms with van der Waals surface area (Å²) in [7, 11) is 2.09. The maximum atomic E-state index is 4.65. The van der Waals surface area contributed by atoms with Crippen LogP contribution in [-0.4, -0.2) is 27.8 Å². The second-order valence-corrected chi connectivity index (χ2v) is 6.22. The highest BCUT2D eigenvalue weighted by molar-refractivity contribution is 7.09. The molecule has 0 amide bonds. The Bertz CT molecular complexity index is 763. The van der Waals surface area contributed by atoms with Crippen LogP contribution in [0.3, 0.4) is 0 Å². The van der Waals surface area contributed by atoms with E-state index in [2.05, 4.69) is 64.3 Å². The van der Waals surface area contributed by atoms with E-state index in [1.807, 2.05) is 24.3 Å². The zero-order valence-electron chi connectivity index (χ0n) is 13.1. The van der Waals surface area contributed by atoms with Gasteiger partial charge in [0.05, 0.1) is 0 Å². The minimum Gasteiger partial charge on any atom is -0.298 e. The number of aromatic nitrogens is 2. The molecule has 0 saturated carbocycles. The molecule has 3 nitrogen and oxygen atoms in total. The van der Waals surface area contributed by atoms with E-state index in [1.165, 1.54) is 17.1 Å². The van der Waals surface area contributed by atoms with Gasteiger partial charge in [-0.2, -0.15) is 4.37 Å². The van der Waals surface area contributed by atoms with Gasteiger partial charge in [-0.1, -0.05) is 60.7 Å². The number of hydrogen-bond acceptors (Lipinski definition) is 4. The summed E-state index contributed by atoms with van der Waals surface area (Å²) in [6.07, 6.45) is 1.92. The Balaban J connectivity index is 1.75. The summed E-state index contributed by atoms with van der Waals surface area (Å²) in [6.45, 7) is 5.56. The summed E-state index contributed by atoms with van der Waals surface area (Å²) < 4.78 is 4.49. The summed E-state index contributed by atoms with van der Waals surface area (Å²) in [5, 5.41) is 0.954. The van der Waals surface area contributed by atoms with Gasteiger partial charge >= 0.3 is 0 Å². The first-order valence-corrected chi connectivity index (χ1v) is 8.31. The van der Waals surface area contributed by atoms with Crippen molar-refractivity contribution in [2.75, 3.05) is 13.6 Å². The molecule has 23 heavy (non-hydrogen) atoms. The van der Waals surface area contributed by atoms with E-state index >= 15 is 0 Å². The molecule has 0 bridgehead atoms. The molecule has 0 atom stereocenters. The van der Waals surface area contributed by atoms with Gasteiger partial charge in [0.1, 0.15) is 5.01 Å². The standard InChI is InChI=1S/C19H19N3S/c1-3-13-22(2)14-15-9-11-16(12-10-15)18-20-19(23-21-18)17-7-5-4-6-8-17/h3-12H,1,13-14H2,2H3. The molecule has 0 aliphatic carbocycles. The van der Waals surface area contributed by atoms with Gasteiger partial charge in [0.25, 0.3) is 0 Å². The SMILES string of the molecule is C=CCN(C)Cc1ccc(-c2nsc(-c3ccccc3)n2)cc1. The molecule has 1 aromatic heterocycles. The van der Waals surface area contributed by atoms with E-state index in [0.29, 0.717) is 0 Å². The molecule has 0 saturated heterocycles. The van der Waals surface area contributed by atoms with Gasteiger partial charge in [0, 0.05) is 24.2 Å². The van der Waals surface area contributed by atoms with E-state index < -0.39 is 0 Å². The van der Waals surface area contributed by atoms with Crippen molar-refractivity contribution in [3.8, 4) is 22.0 Å². The van der Waals surface area contributed by atoms with Crippen molar-refractivity contribution in [1.29, 1.82) is 0 Å². The molecule has 0 aliphatic heterocycles. The largest absolute Gasteiger partial charge is 0.298 e. The van der Waals surface area contributed by atoms with Crippen LogP contribution < -0.4 is 0 Å². The van der Waals surface area contributed by atoms with Crippen LogP contribution >= 0.6 is 11.5 Å².